The van der Waals surface area contributed by atoms with Crippen molar-refractivity contribution in [3.63, 3.8) is 0 Å². The van der Waals surface area contributed by atoms with Crippen LogP contribution in [-0.4, -0.2) is 4.98 Å². The van der Waals surface area contributed by atoms with Crippen LogP contribution in [0.4, 0.5) is 5.69 Å². The first kappa shape index (κ1) is 12.1. The number of nitrogens with two attached hydrogens (primary N) is 1. The van der Waals surface area contributed by atoms with E-state index in [1.807, 2.05) is 18.2 Å². The normalized spacial score (nSPS) is 11.1. The van der Waals surface area contributed by atoms with E-state index < -0.39 is 0 Å². The number of nitrogen functional groups attached to an aromatic ring is 1. The average Bonchev–Trinajstić information content (AvgIpc) is 2.76. The van der Waals surface area contributed by atoms with Gasteiger partial charge in [-0.3, -0.25) is 0 Å². The van der Waals surface area contributed by atoms with Crippen LogP contribution < -0.4 is 5.73 Å². The number of rotatable bonds is 1. The lowest BCUT2D eigenvalue weighted by Gasteiger charge is -1.99. The number of aryl methyl sites for hydroxylation is 2. The van der Waals surface area contributed by atoms with Crippen molar-refractivity contribution in [1.29, 1.82) is 0 Å². The van der Waals surface area contributed by atoms with Gasteiger partial charge >= 0.3 is 0 Å². The van der Waals surface area contributed by atoms with Crippen molar-refractivity contribution in [3.05, 3.63) is 46.5 Å². The molecule has 3 nitrogen and oxygen atoms in total. The first-order chi connectivity index (χ1) is 9.04. The summed E-state index contributed by atoms with van der Waals surface area (Å²) < 4.78 is 5.77. The summed E-state index contributed by atoms with van der Waals surface area (Å²) in [5, 5.41) is 0.507. The fourth-order valence-electron chi connectivity index (χ4n) is 1.96. The van der Waals surface area contributed by atoms with Crippen molar-refractivity contribution in [1.82, 2.24) is 4.98 Å². The van der Waals surface area contributed by atoms with Gasteiger partial charge in [-0.2, -0.15) is 0 Å². The van der Waals surface area contributed by atoms with E-state index in [0.29, 0.717) is 16.6 Å². The van der Waals surface area contributed by atoms with Gasteiger partial charge in [0.1, 0.15) is 5.52 Å². The Balaban J connectivity index is 2.17. The van der Waals surface area contributed by atoms with Gasteiger partial charge in [0.05, 0.1) is 10.7 Å². The fraction of sp³-hybridized carbons (Fsp3) is 0.133. The van der Waals surface area contributed by atoms with E-state index in [4.69, 9.17) is 21.8 Å². The van der Waals surface area contributed by atoms with Crippen molar-refractivity contribution in [2.45, 2.75) is 13.8 Å². The number of fused-ring (bicyclic) bond motifs is 1. The SMILES string of the molecule is Cc1cc2nc(-c3ccc(N)c(Cl)c3)oc2cc1C. The lowest BCUT2D eigenvalue weighted by Crippen LogP contribution is -1.86. The molecule has 0 bridgehead atoms. The van der Waals surface area contributed by atoms with Gasteiger partial charge in [0.2, 0.25) is 5.89 Å². The number of nitrogens with zero attached hydrogens (tertiary/aromatic N) is 1. The predicted octanol–water partition coefficient (Wildman–Crippen LogP) is 4.35. The molecule has 0 aliphatic carbocycles. The van der Waals surface area contributed by atoms with Crippen LogP contribution in [0.5, 0.6) is 0 Å². The van der Waals surface area contributed by atoms with Gasteiger partial charge in [-0.1, -0.05) is 11.6 Å². The van der Waals surface area contributed by atoms with Crippen molar-refractivity contribution >= 4 is 28.4 Å². The third kappa shape index (κ3) is 2.06. The van der Waals surface area contributed by atoms with Crippen molar-refractivity contribution in [2.75, 3.05) is 5.73 Å². The van der Waals surface area contributed by atoms with Gasteiger partial charge in [-0.25, -0.2) is 4.98 Å². The maximum Gasteiger partial charge on any atom is 0.227 e. The topological polar surface area (TPSA) is 52.0 Å². The molecule has 0 amide bonds. The molecule has 0 aliphatic heterocycles. The third-order valence-corrected chi connectivity index (χ3v) is 3.58. The van der Waals surface area contributed by atoms with E-state index >= 15 is 0 Å². The maximum absolute atomic E-state index is 6.02. The zero-order valence-electron chi connectivity index (χ0n) is 10.7. The number of anilines is 1. The Morgan fingerprint density at radius 3 is 2.58 bits per heavy atom. The molecule has 1 heterocycles. The monoisotopic (exact) mass is 272 g/mol. The number of halogens is 1. The van der Waals surface area contributed by atoms with Gasteiger partial charge in [0, 0.05) is 5.56 Å². The molecule has 0 spiro atoms. The third-order valence-electron chi connectivity index (χ3n) is 3.25. The summed E-state index contributed by atoms with van der Waals surface area (Å²) in [5.74, 6) is 0.557. The molecule has 4 heteroatoms. The summed E-state index contributed by atoms with van der Waals surface area (Å²) in [5.41, 5.74) is 11.1. The largest absolute Gasteiger partial charge is 0.436 e. The molecule has 3 rings (SSSR count). The Kier molecular flexibility index (Phi) is 2.72. The van der Waals surface area contributed by atoms with E-state index in [2.05, 4.69) is 18.8 Å². The molecule has 19 heavy (non-hydrogen) atoms. The lowest BCUT2D eigenvalue weighted by molar-refractivity contribution is 0.619. The molecule has 0 radical (unpaired) electrons. The Bertz CT molecular complexity index is 738. The maximum atomic E-state index is 6.02. The lowest BCUT2D eigenvalue weighted by atomic mass is 10.1. The molecule has 0 saturated carbocycles. The second kappa shape index (κ2) is 4.28. The van der Waals surface area contributed by atoms with Crippen molar-refractivity contribution < 1.29 is 4.42 Å². The number of hydrogen-bond acceptors (Lipinski definition) is 3. The Morgan fingerprint density at radius 2 is 1.84 bits per heavy atom. The quantitative estimate of drug-likeness (QED) is 0.670. The minimum Gasteiger partial charge on any atom is -0.436 e. The van der Waals surface area contributed by atoms with Crippen LogP contribution in [0, 0.1) is 13.8 Å². The predicted molar refractivity (Wildman–Crippen MR) is 78.3 cm³/mol. The molecule has 2 aromatic carbocycles. The highest BCUT2D eigenvalue weighted by Crippen LogP contribution is 2.29. The summed E-state index contributed by atoms with van der Waals surface area (Å²) in [6.07, 6.45) is 0. The number of benzene rings is 2. The minimum absolute atomic E-state index is 0.507. The van der Waals surface area contributed by atoms with Crippen molar-refractivity contribution in [2.24, 2.45) is 0 Å². The number of oxazole rings is 1. The molecule has 96 valence electrons. The Morgan fingerprint density at radius 1 is 1.11 bits per heavy atom. The highest BCUT2D eigenvalue weighted by Gasteiger charge is 2.10. The molecule has 2 N–H and O–H groups in total. The van der Waals surface area contributed by atoms with Crippen LogP contribution in [0.15, 0.2) is 34.7 Å². The Labute approximate surface area is 116 Å². The zero-order valence-corrected chi connectivity index (χ0v) is 11.5. The van der Waals surface area contributed by atoms with Crippen LogP contribution in [0.25, 0.3) is 22.6 Å². The summed E-state index contributed by atoms with van der Waals surface area (Å²) in [6.45, 7) is 4.11. The molecule has 1 aromatic heterocycles. The molecular weight excluding hydrogens is 260 g/mol. The smallest absolute Gasteiger partial charge is 0.227 e. The first-order valence-electron chi connectivity index (χ1n) is 5.98. The van der Waals surface area contributed by atoms with Gasteiger partial charge in [0.15, 0.2) is 5.58 Å². The molecule has 0 unspecified atom stereocenters. The van der Waals surface area contributed by atoms with Crippen LogP contribution in [0.2, 0.25) is 5.02 Å². The second-order valence-electron chi connectivity index (χ2n) is 4.66. The van der Waals surface area contributed by atoms with E-state index in [1.165, 1.54) is 11.1 Å². The van der Waals surface area contributed by atoms with Gasteiger partial charge in [0.25, 0.3) is 0 Å². The molecule has 0 atom stereocenters. The molecule has 0 aliphatic rings. The molecule has 0 fully saturated rings. The standard InChI is InChI=1S/C15H13ClN2O/c1-8-5-13-14(6-9(8)2)19-15(18-13)10-3-4-12(17)11(16)7-10/h3-7H,17H2,1-2H3. The van der Waals surface area contributed by atoms with Gasteiger partial charge in [-0.15, -0.1) is 0 Å². The van der Waals surface area contributed by atoms with Gasteiger partial charge < -0.3 is 10.2 Å². The highest BCUT2D eigenvalue weighted by atomic mass is 35.5. The van der Waals surface area contributed by atoms with Crippen LogP contribution in [0.1, 0.15) is 11.1 Å². The molecule has 3 aromatic rings. The zero-order chi connectivity index (χ0) is 13.6. The summed E-state index contributed by atoms with van der Waals surface area (Å²) in [6, 6.07) is 9.40. The summed E-state index contributed by atoms with van der Waals surface area (Å²) in [4.78, 5) is 4.49. The minimum atomic E-state index is 0.507. The first-order valence-corrected chi connectivity index (χ1v) is 6.35. The molecular formula is C15H13ClN2O. The van der Waals surface area contributed by atoms with E-state index in [9.17, 15) is 0 Å². The number of aromatic nitrogens is 1. The number of hydrogen-bond donors (Lipinski definition) is 1. The van der Waals surface area contributed by atoms with E-state index in [0.717, 1.165) is 16.7 Å². The Hall–Kier alpha value is -2.00. The fourth-order valence-corrected chi connectivity index (χ4v) is 2.14. The van der Waals surface area contributed by atoms with Crippen molar-refractivity contribution in [3.8, 4) is 11.5 Å². The van der Waals surface area contributed by atoms with Crippen LogP contribution in [0.3, 0.4) is 0 Å². The van der Waals surface area contributed by atoms with Gasteiger partial charge in [-0.05, 0) is 55.3 Å². The average molecular weight is 273 g/mol. The van der Waals surface area contributed by atoms with E-state index in [-0.39, 0.29) is 0 Å². The van der Waals surface area contributed by atoms with Crippen LogP contribution >= 0.6 is 11.6 Å². The molecule has 0 saturated heterocycles. The second-order valence-corrected chi connectivity index (χ2v) is 5.07. The highest BCUT2D eigenvalue weighted by molar-refractivity contribution is 6.33. The summed E-state index contributed by atoms with van der Waals surface area (Å²) >= 11 is 6.02. The van der Waals surface area contributed by atoms with Crippen LogP contribution in [-0.2, 0) is 0 Å². The summed E-state index contributed by atoms with van der Waals surface area (Å²) in [7, 11) is 0. The van der Waals surface area contributed by atoms with E-state index in [1.54, 1.807) is 12.1 Å².